The quantitative estimate of drug-likeness (QED) is 0.474. The topological polar surface area (TPSA) is 114 Å². The first kappa shape index (κ1) is 17.1. The summed E-state index contributed by atoms with van der Waals surface area (Å²) in [6.45, 7) is 5.59. The number of amides is 1. The molecule has 0 aromatic carbocycles. The smallest absolute Gasteiger partial charge is 0.306 e. The Morgan fingerprint density at radius 2 is 2.24 bits per heavy atom. The van der Waals surface area contributed by atoms with Gasteiger partial charge >= 0.3 is 5.69 Å². The number of hydrogen-bond donors (Lipinski definition) is 2. The highest BCUT2D eigenvalue weighted by Gasteiger charge is 2.13. The summed E-state index contributed by atoms with van der Waals surface area (Å²) in [6, 6.07) is 0. The van der Waals surface area contributed by atoms with Gasteiger partial charge in [-0.2, -0.15) is 5.10 Å². The Hall–Kier alpha value is -2.00. The summed E-state index contributed by atoms with van der Waals surface area (Å²) in [5.74, 6) is -0.0260. The van der Waals surface area contributed by atoms with Crippen LogP contribution in [-0.4, -0.2) is 62.9 Å². The van der Waals surface area contributed by atoms with Crippen molar-refractivity contribution >= 4 is 11.6 Å². The van der Waals surface area contributed by atoms with E-state index >= 15 is 0 Å². The van der Waals surface area contributed by atoms with Gasteiger partial charge in [0.15, 0.2) is 0 Å². The van der Waals surface area contributed by atoms with Gasteiger partial charge in [0, 0.05) is 19.6 Å². The Bertz CT molecular complexity index is 472. The van der Waals surface area contributed by atoms with Crippen LogP contribution in [-0.2, 0) is 11.3 Å². The summed E-state index contributed by atoms with van der Waals surface area (Å²) in [7, 11) is 0. The number of hydrogen-bond acceptors (Lipinski definition) is 6. The number of aliphatic hydroxyl groups is 1. The summed E-state index contributed by atoms with van der Waals surface area (Å²) >= 11 is 0. The van der Waals surface area contributed by atoms with Crippen LogP contribution >= 0.6 is 0 Å². The summed E-state index contributed by atoms with van der Waals surface area (Å²) < 4.78 is 1.30. The number of carbonyl (C=O) groups is 1. The molecule has 1 heterocycles. The molecule has 1 unspecified atom stereocenters. The standard InChI is InChI=1S/C12H21N5O4/c1-3-15(4-2)12(19)7-13-6-11(18)9-16-8-10(5-14-16)17(20)21/h5,8,11,13,18H,3-4,6-7,9H2,1-2H3. The zero-order valence-electron chi connectivity index (χ0n) is 12.2. The van der Waals surface area contributed by atoms with Gasteiger partial charge in [-0.05, 0) is 13.8 Å². The van der Waals surface area contributed by atoms with Crippen LogP contribution in [0, 0.1) is 10.1 Å². The van der Waals surface area contributed by atoms with E-state index in [1.54, 1.807) is 4.90 Å². The molecule has 1 atom stereocenters. The Labute approximate surface area is 122 Å². The molecule has 118 valence electrons. The largest absolute Gasteiger partial charge is 0.390 e. The number of rotatable bonds is 9. The van der Waals surface area contributed by atoms with Crippen molar-refractivity contribution < 1.29 is 14.8 Å². The minimum absolute atomic E-state index is 0.0260. The van der Waals surface area contributed by atoms with Crippen molar-refractivity contribution in [1.29, 1.82) is 0 Å². The predicted octanol–water partition coefficient (Wildman–Crippen LogP) is -0.390. The summed E-state index contributed by atoms with van der Waals surface area (Å²) in [5.41, 5.74) is -0.119. The number of nitro groups is 1. The van der Waals surface area contributed by atoms with Crippen LogP contribution in [0.3, 0.4) is 0 Å². The Kier molecular flexibility index (Phi) is 6.76. The van der Waals surface area contributed by atoms with E-state index in [2.05, 4.69) is 10.4 Å². The monoisotopic (exact) mass is 299 g/mol. The normalized spacial score (nSPS) is 12.1. The predicted molar refractivity (Wildman–Crippen MR) is 75.7 cm³/mol. The lowest BCUT2D eigenvalue weighted by Crippen LogP contribution is -2.40. The highest BCUT2D eigenvalue weighted by Crippen LogP contribution is 2.07. The minimum Gasteiger partial charge on any atom is -0.390 e. The summed E-state index contributed by atoms with van der Waals surface area (Å²) in [4.78, 5) is 23.4. The lowest BCUT2D eigenvalue weighted by atomic mass is 10.3. The highest BCUT2D eigenvalue weighted by molar-refractivity contribution is 5.78. The summed E-state index contributed by atoms with van der Waals surface area (Å²) in [5, 5.41) is 27.0. The molecule has 0 fully saturated rings. The molecule has 0 saturated heterocycles. The minimum atomic E-state index is -0.783. The van der Waals surface area contributed by atoms with E-state index in [1.807, 2.05) is 13.8 Å². The molecule has 0 saturated carbocycles. The Morgan fingerprint density at radius 1 is 1.57 bits per heavy atom. The molecule has 1 aromatic rings. The van der Waals surface area contributed by atoms with Crippen molar-refractivity contribution in [2.45, 2.75) is 26.5 Å². The molecule has 21 heavy (non-hydrogen) atoms. The second kappa shape index (κ2) is 8.32. The van der Waals surface area contributed by atoms with E-state index in [0.29, 0.717) is 13.1 Å². The first-order valence-electron chi connectivity index (χ1n) is 6.81. The van der Waals surface area contributed by atoms with Crippen molar-refractivity contribution in [1.82, 2.24) is 20.0 Å². The molecule has 1 aromatic heterocycles. The van der Waals surface area contributed by atoms with Crippen molar-refractivity contribution in [2.75, 3.05) is 26.2 Å². The molecule has 9 nitrogen and oxygen atoms in total. The molecule has 0 radical (unpaired) electrons. The van der Waals surface area contributed by atoms with Crippen LogP contribution in [0.2, 0.25) is 0 Å². The fraction of sp³-hybridized carbons (Fsp3) is 0.667. The third-order valence-corrected chi connectivity index (χ3v) is 3.00. The molecule has 2 N–H and O–H groups in total. The Morgan fingerprint density at radius 3 is 2.76 bits per heavy atom. The first-order chi connectivity index (χ1) is 9.97. The van der Waals surface area contributed by atoms with Gasteiger partial charge in [0.05, 0.1) is 24.1 Å². The second-order valence-corrected chi connectivity index (χ2v) is 4.53. The summed E-state index contributed by atoms with van der Waals surface area (Å²) in [6.07, 6.45) is 1.60. The van der Waals surface area contributed by atoms with Crippen molar-refractivity contribution in [3.63, 3.8) is 0 Å². The van der Waals surface area contributed by atoms with Gasteiger partial charge in [0.25, 0.3) is 0 Å². The third kappa shape index (κ3) is 5.48. The number of carbonyl (C=O) groups excluding carboxylic acids is 1. The molecule has 9 heteroatoms. The number of likely N-dealkylation sites (N-methyl/N-ethyl adjacent to an activating group) is 1. The first-order valence-corrected chi connectivity index (χ1v) is 6.81. The van der Waals surface area contributed by atoms with E-state index in [9.17, 15) is 20.0 Å². The SMILES string of the molecule is CCN(CC)C(=O)CNCC(O)Cn1cc([N+](=O)[O-])cn1. The van der Waals surface area contributed by atoms with Gasteiger partial charge < -0.3 is 15.3 Å². The van der Waals surface area contributed by atoms with Gasteiger partial charge in [-0.3, -0.25) is 19.6 Å². The maximum absolute atomic E-state index is 11.7. The van der Waals surface area contributed by atoms with E-state index in [4.69, 9.17) is 0 Å². The van der Waals surface area contributed by atoms with Crippen LogP contribution in [0.5, 0.6) is 0 Å². The molecule has 0 aliphatic heterocycles. The fourth-order valence-electron chi connectivity index (χ4n) is 1.86. The zero-order chi connectivity index (χ0) is 15.8. The van der Waals surface area contributed by atoms with Gasteiger partial charge in [-0.15, -0.1) is 0 Å². The number of nitrogens with zero attached hydrogens (tertiary/aromatic N) is 4. The van der Waals surface area contributed by atoms with E-state index in [0.717, 1.165) is 6.20 Å². The zero-order valence-corrected chi connectivity index (χ0v) is 12.2. The lowest BCUT2D eigenvalue weighted by molar-refractivity contribution is -0.385. The number of nitrogens with one attached hydrogen (secondary N) is 1. The third-order valence-electron chi connectivity index (χ3n) is 3.00. The van der Waals surface area contributed by atoms with Crippen molar-refractivity contribution in [3.05, 3.63) is 22.5 Å². The molecule has 1 rings (SSSR count). The van der Waals surface area contributed by atoms with Crippen LogP contribution in [0.1, 0.15) is 13.8 Å². The van der Waals surface area contributed by atoms with E-state index < -0.39 is 11.0 Å². The van der Waals surface area contributed by atoms with Gasteiger partial charge in [-0.1, -0.05) is 0 Å². The lowest BCUT2D eigenvalue weighted by Gasteiger charge is -2.19. The van der Waals surface area contributed by atoms with Crippen LogP contribution in [0.4, 0.5) is 5.69 Å². The molecule has 0 spiro atoms. The highest BCUT2D eigenvalue weighted by atomic mass is 16.6. The second-order valence-electron chi connectivity index (χ2n) is 4.53. The van der Waals surface area contributed by atoms with Crippen molar-refractivity contribution in [3.8, 4) is 0 Å². The van der Waals surface area contributed by atoms with Gasteiger partial charge in [0.1, 0.15) is 12.4 Å². The molecule has 0 bridgehead atoms. The maximum Gasteiger partial charge on any atom is 0.306 e. The molecule has 0 aliphatic carbocycles. The van der Waals surface area contributed by atoms with Crippen molar-refractivity contribution in [2.24, 2.45) is 0 Å². The number of aliphatic hydroxyl groups excluding tert-OH is 1. The molecule has 1 amide bonds. The fourth-order valence-corrected chi connectivity index (χ4v) is 1.86. The molecular formula is C12H21N5O4. The van der Waals surface area contributed by atoms with Gasteiger partial charge in [-0.25, -0.2) is 0 Å². The van der Waals surface area contributed by atoms with Crippen LogP contribution in [0.15, 0.2) is 12.4 Å². The maximum atomic E-state index is 11.7. The number of aromatic nitrogens is 2. The molecular weight excluding hydrogens is 278 g/mol. The average Bonchev–Trinajstić information content (AvgIpc) is 2.88. The Balaban J connectivity index is 2.32. The van der Waals surface area contributed by atoms with E-state index in [1.165, 1.54) is 10.9 Å². The molecule has 0 aliphatic rings. The van der Waals surface area contributed by atoms with Crippen LogP contribution in [0.25, 0.3) is 0 Å². The average molecular weight is 299 g/mol. The van der Waals surface area contributed by atoms with Gasteiger partial charge in [0.2, 0.25) is 5.91 Å². The van der Waals surface area contributed by atoms with E-state index in [-0.39, 0.29) is 31.2 Å². The van der Waals surface area contributed by atoms with Crippen LogP contribution < -0.4 is 5.32 Å².